The SMILES string of the molecule is O=S(=O)(O)C(F)(C(F)(F)C(F)(F)C(F)(F)F)S(=O)(=O)O. The monoisotopic (exact) mass is 362 g/mol. The Balaban J connectivity index is 6.71. The molecule has 0 unspecified atom stereocenters. The van der Waals surface area contributed by atoms with E-state index in [-0.39, 0.29) is 0 Å². The van der Waals surface area contributed by atoms with Crippen LogP contribution in [0.15, 0.2) is 0 Å². The summed E-state index contributed by atoms with van der Waals surface area (Å²) in [6.45, 7) is 0. The minimum Gasteiger partial charge on any atom is -0.282 e. The quantitative estimate of drug-likeness (QED) is 0.575. The Kier molecular flexibility index (Phi) is 4.21. The first-order valence-corrected chi connectivity index (χ1v) is 6.58. The van der Waals surface area contributed by atoms with E-state index in [4.69, 9.17) is 9.11 Å². The van der Waals surface area contributed by atoms with E-state index in [2.05, 4.69) is 0 Å². The fourth-order valence-electron chi connectivity index (χ4n) is 0.823. The number of halogens is 8. The van der Waals surface area contributed by atoms with Crippen molar-refractivity contribution < 1.29 is 61.1 Å². The molecule has 0 fully saturated rings. The number of rotatable bonds is 4. The summed E-state index contributed by atoms with van der Waals surface area (Å²) in [5.41, 5.74) is 0. The first-order chi connectivity index (χ1) is 8.25. The second-order valence-electron chi connectivity index (χ2n) is 3.13. The maximum Gasteiger partial charge on any atom is 0.460 e. The van der Waals surface area contributed by atoms with Crippen LogP contribution in [-0.4, -0.2) is 48.3 Å². The van der Waals surface area contributed by atoms with Crippen molar-refractivity contribution in [1.29, 1.82) is 0 Å². The zero-order valence-electron chi connectivity index (χ0n) is 8.37. The molecule has 0 aromatic rings. The summed E-state index contributed by atoms with van der Waals surface area (Å²) in [5.74, 6) is -15.2. The van der Waals surface area contributed by atoms with Gasteiger partial charge < -0.3 is 0 Å². The Morgan fingerprint density at radius 1 is 0.600 bits per heavy atom. The standard InChI is InChI=1S/C4H2F8O6S2/c5-1(6,3(9,10)11)2(7,8)4(12,19(13,14)15)20(16,17)18/h(H,13,14,15)(H,16,17,18). The van der Waals surface area contributed by atoms with Gasteiger partial charge in [0.2, 0.25) is 0 Å². The van der Waals surface area contributed by atoms with E-state index in [0.717, 1.165) is 0 Å². The summed E-state index contributed by atoms with van der Waals surface area (Å²) >= 11 is 0. The molecule has 0 bridgehead atoms. The van der Waals surface area contributed by atoms with Crippen molar-refractivity contribution in [2.45, 2.75) is 22.4 Å². The van der Waals surface area contributed by atoms with Crippen molar-refractivity contribution >= 4 is 20.2 Å². The maximum atomic E-state index is 13.2. The maximum absolute atomic E-state index is 13.2. The molecule has 0 spiro atoms. The van der Waals surface area contributed by atoms with Crippen molar-refractivity contribution in [2.75, 3.05) is 0 Å². The van der Waals surface area contributed by atoms with Crippen molar-refractivity contribution in [3.63, 3.8) is 0 Å². The Morgan fingerprint density at radius 2 is 0.850 bits per heavy atom. The molecular formula is C4H2F8O6S2. The number of alkyl halides is 8. The summed E-state index contributed by atoms with van der Waals surface area (Å²) in [6.07, 6.45) is -7.30. The number of hydrogen-bond donors (Lipinski definition) is 2. The zero-order valence-corrected chi connectivity index (χ0v) is 10.0. The predicted molar refractivity (Wildman–Crippen MR) is 42.9 cm³/mol. The Bertz CT molecular complexity index is 555. The Hall–Kier alpha value is -0.740. The van der Waals surface area contributed by atoms with Gasteiger partial charge in [-0.1, -0.05) is 0 Å². The van der Waals surface area contributed by atoms with Crippen molar-refractivity contribution in [1.82, 2.24) is 0 Å². The third kappa shape index (κ3) is 2.33. The van der Waals surface area contributed by atoms with Gasteiger partial charge in [0.05, 0.1) is 0 Å². The Labute approximate surface area is 104 Å². The van der Waals surface area contributed by atoms with E-state index in [0.29, 0.717) is 0 Å². The molecule has 0 aromatic heterocycles. The van der Waals surface area contributed by atoms with Crippen LogP contribution in [0.2, 0.25) is 0 Å². The lowest BCUT2D eigenvalue weighted by molar-refractivity contribution is -0.364. The van der Waals surface area contributed by atoms with E-state index < -0.39 is 42.6 Å². The highest BCUT2D eigenvalue weighted by Crippen LogP contribution is 2.55. The average molecular weight is 362 g/mol. The molecule has 0 aromatic carbocycles. The lowest BCUT2D eigenvalue weighted by Crippen LogP contribution is -2.67. The average Bonchev–Trinajstić information content (AvgIpc) is 2.10. The molecule has 0 aliphatic carbocycles. The molecule has 0 saturated heterocycles. The lowest BCUT2D eigenvalue weighted by Gasteiger charge is -2.34. The molecule has 0 aliphatic heterocycles. The summed E-state index contributed by atoms with van der Waals surface area (Å²) < 4.78 is 148. The van der Waals surface area contributed by atoms with Gasteiger partial charge in [-0.3, -0.25) is 9.11 Å². The van der Waals surface area contributed by atoms with E-state index in [9.17, 15) is 52.0 Å². The molecule has 0 heterocycles. The van der Waals surface area contributed by atoms with Gasteiger partial charge in [0, 0.05) is 0 Å². The van der Waals surface area contributed by atoms with Crippen LogP contribution in [0.4, 0.5) is 35.1 Å². The molecular weight excluding hydrogens is 360 g/mol. The zero-order chi connectivity index (χ0) is 17.0. The molecule has 0 saturated carbocycles. The van der Waals surface area contributed by atoms with Crippen LogP contribution in [0.5, 0.6) is 0 Å². The molecule has 0 radical (unpaired) electrons. The number of hydrogen-bond acceptors (Lipinski definition) is 4. The molecule has 20 heavy (non-hydrogen) atoms. The van der Waals surface area contributed by atoms with E-state index >= 15 is 0 Å². The highest BCUT2D eigenvalue weighted by molar-refractivity contribution is 8.05. The van der Waals surface area contributed by atoms with Crippen molar-refractivity contribution in [2.24, 2.45) is 0 Å². The molecule has 6 nitrogen and oxygen atoms in total. The highest BCUT2D eigenvalue weighted by Gasteiger charge is 2.88. The third-order valence-corrected chi connectivity index (χ3v) is 4.89. The first kappa shape index (κ1) is 19.3. The molecule has 0 amide bonds. The Morgan fingerprint density at radius 3 is 1.00 bits per heavy atom. The van der Waals surface area contributed by atoms with Gasteiger partial charge in [0.25, 0.3) is 0 Å². The van der Waals surface area contributed by atoms with Crippen LogP contribution in [0.3, 0.4) is 0 Å². The molecule has 0 aliphatic rings. The molecule has 0 rings (SSSR count). The molecule has 2 N–H and O–H groups in total. The van der Waals surface area contributed by atoms with Crippen molar-refractivity contribution in [3.8, 4) is 0 Å². The van der Waals surface area contributed by atoms with Gasteiger partial charge in [0.15, 0.2) is 0 Å². The normalized spacial score (nSPS) is 16.3. The summed E-state index contributed by atoms with van der Waals surface area (Å²) in [4.78, 5) is 0. The van der Waals surface area contributed by atoms with Crippen LogP contribution in [0.25, 0.3) is 0 Å². The highest BCUT2D eigenvalue weighted by atomic mass is 32.3. The van der Waals surface area contributed by atoms with Crippen LogP contribution < -0.4 is 0 Å². The summed E-state index contributed by atoms with van der Waals surface area (Å²) in [6, 6.07) is 0. The van der Waals surface area contributed by atoms with Gasteiger partial charge in [-0.25, -0.2) is 0 Å². The minimum atomic E-state index is -7.60. The van der Waals surface area contributed by atoms with Crippen molar-refractivity contribution in [3.05, 3.63) is 0 Å². The van der Waals surface area contributed by atoms with Gasteiger partial charge in [-0.15, -0.1) is 0 Å². The second kappa shape index (κ2) is 4.38. The largest absolute Gasteiger partial charge is 0.460 e. The third-order valence-electron chi connectivity index (χ3n) is 1.79. The van der Waals surface area contributed by atoms with Gasteiger partial charge in [-0.05, 0) is 0 Å². The smallest absolute Gasteiger partial charge is 0.282 e. The van der Waals surface area contributed by atoms with Gasteiger partial charge in [0.1, 0.15) is 0 Å². The van der Waals surface area contributed by atoms with Crippen LogP contribution in [0, 0.1) is 0 Å². The molecule has 0 atom stereocenters. The minimum absolute atomic E-state index is 7.04. The van der Waals surface area contributed by atoms with Gasteiger partial charge >= 0.3 is 42.6 Å². The van der Waals surface area contributed by atoms with Crippen LogP contribution in [-0.2, 0) is 20.2 Å². The van der Waals surface area contributed by atoms with E-state index in [1.807, 2.05) is 0 Å². The first-order valence-electron chi connectivity index (χ1n) is 3.70. The van der Waals surface area contributed by atoms with Crippen LogP contribution >= 0.6 is 0 Å². The second-order valence-corrected chi connectivity index (χ2v) is 6.42. The summed E-state index contributed by atoms with van der Waals surface area (Å²) in [5, 5.41) is 0. The predicted octanol–water partition coefficient (Wildman–Crippen LogP) is 1.22. The van der Waals surface area contributed by atoms with Gasteiger partial charge in [-0.2, -0.15) is 52.0 Å². The van der Waals surface area contributed by atoms with E-state index in [1.165, 1.54) is 0 Å². The van der Waals surface area contributed by atoms with Crippen LogP contribution in [0.1, 0.15) is 0 Å². The molecule has 16 heteroatoms. The van der Waals surface area contributed by atoms with E-state index in [1.54, 1.807) is 0 Å². The summed E-state index contributed by atoms with van der Waals surface area (Å²) in [7, 11) is -14.9. The topological polar surface area (TPSA) is 109 Å². The lowest BCUT2D eigenvalue weighted by atomic mass is 10.2. The molecule has 122 valence electrons. The fraction of sp³-hybridized carbons (Fsp3) is 1.00. The fourth-order valence-corrected chi connectivity index (χ4v) is 2.79.